The molecule has 2 aliphatic rings. The fourth-order valence-electron chi connectivity index (χ4n) is 2.72. The van der Waals surface area contributed by atoms with Gasteiger partial charge in [-0.2, -0.15) is 0 Å². The van der Waals surface area contributed by atoms with Gasteiger partial charge in [0.1, 0.15) is 0 Å². The number of nitrogens with two attached hydrogens (primary N) is 1. The minimum absolute atomic E-state index is 0.0264. The lowest BCUT2D eigenvalue weighted by Crippen LogP contribution is -2.70. The molecule has 0 aromatic heterocycles. The Balaban J connectivity index is 2.05. The summed E-state index contributed by atoms with van der Waals surface area (Å²) in [6.07, 6.45) is 3.30. The number of hydrogen-bond donors (Lipinski definition) is 2. The molecule has 1 saturated carbocycles. The third-order valence-electron chi connectivity index (χ3n) is 4.50. The van der Waals surface area contributed by atoms with E-state index in [1.807, 2.05) is 11.9 Å². The van der Waals surface area contributed by atoms with E-state index in [2.05, 4.69) is 19.2 Å². The van der Waals surface area contributed by atoms with Gasteiger partial charge in [-0.25, -0.2) is 0 Å². The van der Waals surface area contributed by atoms with Crippen molar-refractivity contribution in [3.63, 3.8) is 0 Å². The molecule has 0 aromatic rings. The smallest absolute Gasteiger partial charge is 0.240 e. The molecule has 0 aromatic carbocycles. The molecule has 92 valence electrons. The van der Waals surface area contributed by atoms with Crippen molar-refractivity contribution in [1.82, 2.24) is 10.2 Å². The molecule has 1 aliphatic heterocycles. The maximum absolute atomic E-state index is 12.3. The Bertz CT molecular complexity index is 291. The lowest BCUT2D eigenvalue weighted by atomic mass is 9.72. The highest BCUT2D eigenvalue weighted by atomic mass is 16.2. The summed E-state index contributed by atoms with van der Waals surface area (Å²) in [7, 11) is 1.91. The second-order valence-electron chi connectivity index (χ2n) is 5.98. The fraction of sp³-hybridized carbons (Fsp3) is 0.917. The van der Waals surface area contributed by atoms with E-state index in [0.717, 1.165) is 19.4 Å². The summed E-state index contributed by atoms with van der Waals surface area (Å²) >= 11 is 0. The van der Waals surface area contributed by atoms with Crippen LogP contribution >= 0.6 is 0 Å². The molecule has 4 nitrogen and oxygen atoms in total. The predicted octanol–water partition coefficient (Wildman–Crippen LogP) is 0.324. The van der Waals surface area contributed by atoms with E-state index in [4.69, 9.17) is 5.73 Å². The van der Waals surface area contributed by atoms with Crippen LogP contribution < -0.4 is 11.1 Å². The molecule has 4 heteroatoms. The minimum Gasteiger partial charge on any atom is -0.337 e. The monoisotopic (exact) mass is 225 g/mol. The van der Waals surface area contributed by atoms with Crippen LogP contribution in [0.5, 0.6) is 0 Å². The lowest BCUT2D eigenvalue weighted by Gasteiger charge is -2.53. The maximum atomic E-state index is 12.3. The molecule has 0 spiro atoms. The first kappa shape index (κ1) is 11.9. The van der Waals surface area contributed by atoms with Gasteiger partial charge in [0.2, 0.25) is 5.91 Å². The van der Waals surface area contributed by atoms with Crippen molar-refractivity contribution in [3.05, 3.63) is 0 Å². The lowest BCUT2D eigenvalue weighted by molar-refractivity contribution is -0.147. The highest BCUT2D eigenvalue weighted by Crippen LogP contribution is 2.38. The molecule has 1 unspecified atom stereocenters. The Labute approximate surface area is 97.6 Å². The number of nitrogens with one attached hydrogen (secondary N) is 1. The Morgan fingerprint density at radius 1 is 1.50 bits per heavy atom. The van der Waals surface area contributed by atoms with Crippen LogP contribution in [0.2, 0.25) is 0 Å². The standard InChI is InChI=1S/C12H23N3O/c1-11(2)8-14-9(11)10(16)15(3)12(7-13)5-4-6-12/h9,14H,4-8,13H2,1-3H3. The van der Waals surface area contributed by atoms with E-state index >= 15 is 0 Å². The third-order valence-corrected chi connectivity index (χ3v) is 4.50. The van der Waals surface area contributed by atoms with Crippen LogP contribution in [0.25, 0.3) is 0 Å². The van der Waals surface area contributed by atoms with E-state index in [0.29, 0.717) is 6.54 Å². The molecule has 2 rings (SSSR count). The molecule has 16 heavy (non-hydrogen) atoms. The first-order valence-electron chi connectivity index (χ1n) is 6.14. The average Bonchev–Trinajstić information content (AvgIpc) is 2.15. The summed E-state index contributed by atoms with van der Waals surface area (Å²) in [5.41, 5.74) is 5.86. The van der Waals surface area contributed by atoms with Crippen molar-refractivity contribution in [2.45, 2.75) is 44.7 Å². The Morgan fingerprint density at radius 3 is 2.38 bits per heavy atom. The molecule has 0 bridgehead atoms. The van der Waals surface area contributed by atoms with Crippen LogP contribution in [0.3, 0.4) is 0 Å². The zero-order chi connectivity index (χ0) is 12.0. The normalized spacial score (nSPS) is 30.1. The van der Waals surface area contributed by atoms with Gasteiger partial charge in [0.25, 0.3) is 0 Å². The van der Waals surface area contributed by atoms with Gasteiger partial charge >= 0.3 is 0 Å². The third kappa shape index (κ3) is 1.55. The van der Waals surface area contributed by atoms with Gasteiger partial charge < -0.3 is 16.0 Å². The molecular weight excluding hydrogens is 202 g/mol. The van der Waals surface area contributed by atoms with Gasteiger partial charge in [0.15, 0.2) is 0 Å². The molecule has 1 aliphatic carbocycles. The van der Waals surface area contributed by atoms with Crippen LogP contribution in [0, 0.1) is 5.41 Å². The summed E-state index contributed by atoms with van der Waals surface area (Å²) in [5, 5.41) is 3.23. The minimum atomic E-state index is -0.0512. The van der Waals surface area contributed by atoms with E-state index in [9.17, 15) is 4.79 Å². The van der Waals surface area contributed by atoms with Crippen molar-refractivity contribution >= 4 is 5.91 Å². The molecule has 0 radical (unpaired) electrons. The topological polar surface area (TPSA) is 58.4 Å². The Kier molecular flexibility index (Phi) is 2.75. The second kappa shape index (κ2) is 3.70. The quantitative estimate of drug-likeness (QED) is 0.727. The number of hydrogen-bond acceptors (Lipinski definition) is 3. The highest BCUT2D eigenvalue weighted by molar-refractivity contribution is 5.84. The number of carbonyl (C=O) groups is 1. The molecular formula is C12H23N3O. The van der Waals surface area contributed by atoms with Gasteiger partial charge in [-0.1, -0.05) is 13.8 Å². The molecule has 1 amide bonds. The SMILES string of the molecule is CN(C(=O)C1NCC1(C)C)C1(CN)CCC1. The summed E-state index contributed by atoms with van der Waals surface area (Å²) in [5.74, 6) is 0.210. The zero-order valence-electron chi connectivity index (χ0n) is 10.5. The van der Waals surface area contributed by atoms with Gasteiger partial charge in [-0.15, -0.1) is 0 Å². The Morgan fingerprint density at radius 2 is 2.12 bits per heavy atom. The van der Waals surface area contributed by atoms with Crippen molar-refractivity contribution in [2.75, 3.05) is 20.1 Å². The van der Waals surface area contributed by atoms with Crippen molar-refractivity contribution in [3.8, 4) is 0 Å². The maximum Gasteiger partial charge on any atom is 0.240 e. The number of likely N-dealkylation sites (N-methyl/N-ethyl adjacent to an activating group) is 1. The summed E-state index contributed by atoms with van der Waals surface area (Å²) in [4.78, 5) is 14.2. The Hall–Kier alpha value is -0.610. The van der Waals surface area contributed by atoms with E-state index in [-0.39, 0.29) is 22.9 Å². The van der Waals surface area contributed by atoms with Crippen LogP contribution in [0.1, 0.15) is 33.1 Å². The first-order chi connectivity index (χ1) is 7.43. The van der Waals surface area contributed by atoms with Crippen LogP contribution in [-0.4, -0.2) is 42.5 Å². The van der Waals surface area contributed by atoms with Crippen LogP contribution in [0.15, 0.2) is 0 Å². The zero-order valence-corrected chi connectivity index (χ0v) is 10.5. The van der Waals surface area contributed by atoms with Crippen molar-refractivity contribution < 1.29 is 4.79 Å². The molecule has 1 atom stereocenters. The predicted molar refractivity (Wildman–Crippen MR) is 64.0 cm³/mol. The van der Waals surface area contributed by atoms with Gasteiger partial charge in [-0.3, -0.25) is 4.79 Å². The average molecular weight is 225 g/mol. The van der Waals surface area contributed by atoms with Crippen molar-refractivity contribution in [2.24, 2.45) is 11.1 Å². The number of amides is 1. The van der Waals surface area contributed by atoms with Gasteiger partial charge in [0, 0.05) is 25.6 Å². The number of carbonyl (C=O) groups excluding carboxylic acids is 1. The van der Waals surface area contributed by atoms with Gasteiger partial charge in [-0.05, 0) is 19.3 Å². The first-order valence-corrected chi connectivity index (χ1v) is 6.14. The van der Waals surface area contributed by atoms with E-state index in [1.54, 1.807) is 0 Å². The van der Waals surface area contributed by atoms with Crippen molar-refractivity contribution in [1.29, 1.82) is 0 Å². The second-order valence-corrected chi connectivity index (χ2v) is 5.98. The van der Waals surface area contributed by atoms with Crippen LogP contribution in [-0.2, 0) is 4.79 Å². The van der Waals surface area contributed by atoms with E-state index < -0.39 is 0 Å². The fourth-order valence-corrected chi connectivity index (χ4v) is 2.72. The molecule has 2 fully saturated rings. The molecule has 1 heterocycles. The number of nitrogens with zero attached hydrogens (tertiary/aromatic N) is 1. The summed E-state index contributed by atoms with van der Waals surface area (Å²) in [6.45, 7) is 5.78. The number of rotatable bonds is 3. The highest BCUT2D eigenvalue weighted by Gasteiger charge is 2.49. The molecule has 1 saturated heterocycles. The van der Waals surface area contributed by atoms with E-state index in [1.165, 1.54) is 6.42 Å². The molecule has 3 N–H and O–H groups in total. The van der Waals surface area contributed by atoms with Crippen LogP contribution in [0.4, 0.5) is 0 Å². The largest absolute Gasteiger partial charge is 0.337 e. The summed E-state index contributed by atoms with van der Waals surface area (Å²) in [6, 6.07) is -0.0264. The summed E-state index contributed by atoms with van der Waals surface area (Å²) < 4.78 is 0. The van der Waals surface area contributed by atoms with Gasteiger partial charge in [0.05, 0.1) is 11.6 Å².